The van der Waals surface area contributed by atoms with Gasteiger partial charge in [-0.15, -0.1) is 0 Å². The minimum absolute atomic E-state index is 0.502. The van der Waals surface area contributed by atoms with Gasteiger partial charge in [-0.05, 0) is 34.2 Å². The molecule has 0 spiro atoms. The molecule has 0 amide bonds. The average molecular weight is 338 g/mol. The van der Waals surface area contributed by atoms with Crippen LogP contribution in [-0.2, 0) is 0 Å². The predicted octanol–water partition coefficient (Wildman–Crippen LogP) is 3.17. The maximum atomic E-state index is 5.51. The van der Waals surface area contributed by atoms with E-state index in [-0.39, 0.29) is 0 Å². The molecule has 2 aromatic rings. The highest BCUT2D eigenvalue weighted by atomic mass is 127. The molecule has 0 aliphatic heterocycles. The van der Waals surface area contributed by atoms with E-state index in [1.54, 1.807) is 6.20 Å². The van der Waals surface area contributed by atoms with E-state index in [0.717, 1.165) is 9.13 Å². The summed E-state index contributed by atoms with van der Waals surface area (Å²) >= 11 is 2.15. The van der Waals surface area contributed by atoms with Gasteiger partial charge in [0.25, 0.3) is 0 Å². The second kappa shape index (κ2) is 6.34. The Balaban J connectivity index is 1.88. The van der Waals surface area contributed by atoms with Gasteiger partial charge >= 0.3 is 0 Å². The normalized spacial score (nSPS) is 10.6. The van der Waals surface area contributed by atoms with E-state index >= 15 is 0 Å². The maximum Gasteiger partial charge on any atom is 0.230 e. The number of benzene rings is 1. The minimum Gasteiger partial charge on any atom is -0.473 e. The van der Waals surface area contributed by atoms with Gasteiger partial charge in [0.05, 0.1) is 3.57 Å². The smallest absolute Gasteiger partial charge is 0.230 e. The molecule has 0 aliphatic carbocycles. The number of rotatable bonds is 4. The molecular weight excluding hydrogens is 327 g/mol. The highest BCUT2D eigenvalue weighted by Crippen LogP contribution is 2.14. The molecule has 2 rings (SSSR count). The van der Waals surface area contributed by atoms with Crippen LogP contribution in [0.5, 0.6) is 5.88 Å². The molecule has 0 unspecified atom stereocenters. The lowest BCUT2D eigenvalue weighted by atomic mass is 10.2. The standard InChI is InChI=1S/C13H11IN2O/c14-12-9-15-10-16-13(12)17-8-4-7-11-5-2-1-3-6-11/h1-7,9-10H,8H2. The Morgan fingerprint density at radius 1 is 1.24 bits per heavy atom. The van der Waals surface area contributed by atoms with Gasteiger partial charge in [-0.1, -0.05) is 36.4 Å². The topological polar surface area (TPSA) is 35.0 Å². The highest BCUT2D eigenvalue weighted by molar-refractivity contribution is 14.1. The number of nitrogens with zero attached hydrogens (tertiary/aromatic N) is 2. The summed E-state index contributed by atoms with van der Waals surface area (Å²) < 4.78 is 6.43. The molecule has 4 heteroatoms. The monoisotopic (exact) mass is 338 g/mol. The van der Waals surface area contributed by atoms with Crippen LogP contribution in [0.2, 0.25) is 0 Å². The number of ether oxygens (including phenoxy) is 1. The van der Waals surface area contributed by atoms with Crippen LogP contribution in [0.3, 0.4) is 0 Å². The Labute approximate surface area is 114 Å². The second-order valence-corrected chi connectivity index (χ2v) is 4.46. The molecule has 0 N–H and O–H groups in total. The lowest BCUT2D eigenvalue weighted by Crippen LogP contribution is -1.98. The molecule has 0 bridgehead atoms. The van der Waals surface area contributed by atoms with E-state index in [1.165, 1.54) is 6.33 Å². The van der Waals surface area contributed by atoms with Crippen LogP contribution >= 0.6 is 22.6 Å². The van der Waals surface area contributed by atoms with Crippen LogP contribution in [-0.4, -0.2) is 16.6 Å². The van der Waals surface area contributed by atoms with Crippen LogP contribution in [0.4, 0.5) is 0 Å². The van der Waals surface area contributed by atoms with Crippen molar-refractivity contribution in [1.29, 1.82) is 0 Å². The Bertz CT molecular complexity index is 500. The highest BCUT2D eigenvalue weighted by Gasteiger charge is 1.99. The SMILES string of the molecule is Ic1cncnc1OCC=Cc1ccccc1. The summed E-state index contributed by atoms with van der Waals surface area (Å²) in [7, 11) is 0. The van der Waals surface area contributed by atoms with E-state index in [4.69, 9.17) is 4.74 Å². The van der Waals surface area contributed by atoms with E-state index in [0.29, 0.717) is 12.5 Å². The first-order valence-electron chi connectivity index (χ1n) is 5.16. The lowest BCUT2D eigenvalue weighted by Gasteiger charge is -2.02. The molecule has 0 atom stereocenters. The molecule has 1 aromatic heterocycles. The predicted molar refractivity (Wildman–Crippen MR) is 75.7 cm³/mol. The molecular formula is C13H11IN2O. The number of aromatic nitrogens is 2. The van der Waals surface area contributed by atoms with E-state index in [9.17, 15) is 0 Å². The Kier molecular flexibility index (Phi) is 4.49. The molecule has 1 heterocycles. The quantitative estimate of drug-likeness (QED) is 0.804. The summed E-state index contributed by atoms with van der Waals surface area (Å²) in [5.41, 5.74) is 1.16. The molecule has 0 aliphatic rings. The third-order valence-corrected chi connectivity index (χ3v) is 2.80. The van der Waals surface area contributed by atoms with Crippen LogP contribution in [0.25, 0.3) is 6.08 Å². The Morgan fingerprint density at radius 3 is 2.82 bits per heavy atom. The van der Waals surface area contributed by atoms with Gasteiger partial charge in [-0.2, -0.15) is 0 Å². The van der Waals surface area contributed by atoms with Crippen molar-refractivity contribution in [3.63, 3.8) is 0 Å². The van der Waals surface area contributed by atoms with Crippen LogP contribution < -0.4 is 4.74 Å². The zero-order valence-electron chi connectivity index (χ0n) is 9.08. The first-order chi connectivity index (χ1) is 8.36. The summed E-state index contributed by atoms with van der Waals surface area (Å²) in [6.45, 7) is 0.502. The molecule has 0 fully saturated rings. The van der Waals surface area contributed by atoms with E-state index in [1.807, 2.05) is 42.5 Å². The first-order valence-corrected chi connectivity index (χ1v) is 6.24. The molecule has 0 saturated heterocycles. The fourth-order valence-corrected chi connectivity index (χ4v) is 1.74. The van der Waals surface area contributed by atoms with Crippen LogP contribution in [0.1, 0.15) is 5.56 Å². The number of hydrogen-bond acceptors (Lipinski definition) is 3. The lowest BCUT2D eigenvalue weighted by molar-refractivity contribution is 0.345. The Morgan fingerprint density at radius 2 is 2.06 bits per heavy atom. The maximum absolute atomic E-state index is 5.51. The molecule has 0 saturated carbocycles. The first kappa shape index (κ1) is 12.0. The van der Waals surface area contributed by atoms with Crippen molar-refractivity contribution in [1.82, 2.24) is 9.97 Å². The summed E-state index contributed by atoms with van der Waals surface area (Å²) in [6.07, 6.45) is 7.20. The van der Waals surface area contributed by atoms with Crippen molar-refractivity contribution in [2.75, 3.05) is 6.61 Å². The fourth-order valence-electron chi connectivity index (χ4n) is 1.28. The largest absolute Gasteiger partial charge is 0.473 e. The van der Waals surface area contributed by atoms with Crippen molar-refractivity contribution >= 4 is 28.7 Å². The summed E-state index contributed by atoms with van der Waals surface area (Å²) in [5.74, 6) is 0.623. The fraction of sp³-hybridized carbons (Fsp3) is 0.0769. The van der Waals surface area contributed by atoms with Crippen LogP contribution in [0, 0.1) is 3.57 Å². The average Bonchev–Trinajstić information content (AvgIpc) is 2.38. The van der Waals surface area contributed by atoms with Gasteiger partial charge in [0, 0.05) is 6.20 Å². The molecule has 1 aromatic carbocycles. The third-order valence-electron chi connectivity index (χ3n) is 2.06. The number of hydrogen-bond donors (Lipinski definition) is 0. The zero-order valence-corrected chi connectivity index (χ0v) is 11.2. The van der Waals surface area contributed by atoms with Gasteiger partial charge in [0.15, 0.2) is 0 Å². The zero-order chi connectivity index (χ0) is 11.9. The molecule has 17 heavy (non-hydrogen) atoms. The molecule has 3 nitrogen and oxygen atoms in total. The summed E-state index contributed by atoms with van der Waals surface area (Å²) in [5, 5.41) is 0. The van der Waals surface area contributed by atoms with Gasteiger partial charge < -0.3 is 4.74 Å². The van der Waals surface area contributed by atoms with Gasteiger partial charge in [0.2, 0.25) is 5.88 Å². The van der Waals surface area contributed by atoms with Crippen molar-refractivity contribution in [2.45, 2.75) is 0 Å². The van der Waals surface area contributed by atoms with Gasteiger partial charge in [-0.3, -0.25) is 0 Å². The molecule has 86 valence electrons. The van der Waals surface area contributed by atoms with Crippen molar-refractivity contribution < 1.29 is 4.74 Å². The summed E-state index contributed by atoms with van der Waals surface area (Å²) in [4.78, 5) is 7.95. The van der Waals surface area contributed by atoms with E-state index < -0.39 is 0 Å². The second-order valence-electron chi connectivity index (χ2n) is 3.30. The van der Waals surface area contributed by atoms with Crippen molar-refractivity contribution in [3.05, 3.63) is 58.1 Å². The van der Waals surface area contributed by atoms with Crippen molar-refractivity contribution in [2.24, 2.45) is 0 Å². The van der Waals surface area contributed by atoms with Gasteiger partial charge in [0.1, 0.15) is 12.9 Å². The van der Waals surface area contributed by atoms with Gasteiger partial charge in [-0.25, -0.2) is 9.97 Å². The Hall–Kier alpha value is -1.43. The van der Waals surface area contributed by atoms with Crippen molar-refractivity contribution in [3.8, 4) is 5.88 Å². The molecule has 0 radical (unpaired) electrons. The minimum atomic E-state index is 0.502. The number of halogens is 1. The third kappa shape index (κ3) is 3.81. The van der Waals surface area contributed by atoms with Crippen LogP contribution in [0.15, 0.2) is 48.9 Å². The van der Waals surface area contributed by atoms with E-state index in [2.05, 4.69) is 32.6 Å². The summed E-state index contributed by atoms with van der Waals surface area (Å²) in [6, 6.07) is 10.1.